The summed E-state index contributed by atoms with van der Waals surface area (Å²) >= 11 is 10.1. The second kappa shape index (κ2) is 6.61. The van der Waals surface area contributed by atoms with Crippen LogP contribution in [0.3, 0.4) is 0 Å². The highest BCUT2D eigenvalue weighted by Gasteiger charge is 2.34. The molecule has 0 bridgehead atoms. The van der Waals surface area contributed by atoms with Gasteiger partial charge < -0.3 is 4.74 Å². The molecule has 5 heteroatoms. The Morgan fingerprint density at radius 3 is 2.58 bits per heavy atom. The van der Waals surface area contributed by atoms with Gasteiger partial charge >= 0.3 is 0 Å². The summed E-state index contributed by atoms with van der Waals surface area (Å²) in [5.41, 5.74) is 0. The van der Waals surface area contributed by atoms with Crippen molar-refractivity contribution in [3.63, 3.8) is 0 Å². The number of hydrogen-bond donors (Lipinski definition) is 0. The first kappa shape index (κ1) is 13.9. The average molecular weight is 316 g/mol. The van der Waals surface area contributed by atoms with Gasteiger partial charge in [-0.25, -0.2) is 0 Å². The third kappa shape index (κ3) is 3.75. The Bertz CT molecular complexity index is 418. The monoisotopic (exact) mass is 315 g/mol. The van der Waals surface area contributed by atoms with Crippen LogP contribution in [0.5, 0.6) is 5.75 Å². The van der Waals surface area contributed by atoms with Crippen LogP contribution < -0.4 is 4.74 Å². The molecule has 0 aromatic heterocycles. The maximum atomic E-state index is 5.96. The van der Waals surface area contributed by atoms with Crippen molar-refractivity contribution in [3.05, 3.63) is 29.3 Å². The molecule has 1 aromatic carbocycles. The molecule has 104 valence electrons. The van der Waals surface area contributed by atoms with Crippen molar-refractivity contribution in [1.82, 2.24) is 4.90 Å². The maximum absolute atomic E-state index is 5.96. The van der Waals surface area contributed by atoms with Crippen molar-refractivity contribution < 1.29 is 4.74 Å². The number of nitrogens with zero attached hydrogens (tertiary/aromatic N) is 1. The van der Waals surface area contributed by atoms with Crippen molar-refractivity contribution in [1.29, 1.82) is 0 Å². The van der Waals surface area contributed by atoms with Crippen LogP contribution in [0.15, 0.2) is 24.3 Å². The lowest BCUT2D eigenvalue weighted by Gasteiger charge is -2.43. The summed E-state index contributed by atoms with van der Waals surface area (Å²) in [6.07, 6.45) is 0.330. The minimum Gasteiger partial charge on any atom is -0.488 e. The highest BCUT2D eigenvalue weighted by molar-refractivity contribution is 8.03. The molecule has 0 spiro atoms. The number of halogens is 1. The van der Waals surface area contributed by atoms with Gasteiger partial charge in [-0.3, -0.25) is 4.90 Å². The molecule has 0 saturated carbocycles. The molecule has 3 rings (SSSR count). The number of hydrogen-bond acceptors (Lipinski definition) is 4. The van der Waals surface area contributed by atoms with Crippen LogP contribution in [0.4, 0.5) is 0 Å². The van der Waals surface area contributed by atoms with E-state index in [1.807, 2.05) is 24.3 Å². The van der Waals surface area contributed by atoms with Crippen molar-refractivity contribution in [2.45, 2.75) is 12.1 Å². The summed E-state index contributed by atoms with van der Waals surface area (Å²) in [6, 6.07) is 8.42. The standard InChI is InChI=1S/C14H18ClNOS2/c15-11-2-1-3-13(6-11)17-14-7-16(8-14)12-9-18-4-5-19-10-12/h1-3,6,12,14H,4-5,7-10H2. The van der Waals surface area contributed by atoms with Crippen molar-refractivity contribution in [2.75, 3.05) is 36.1 Å². The molecular weight excluding hydrogens is 298 g/mol. The van der Waals surface area contributed by atoms with Crippen LogP contribution in [0.1, 0.15) is 0 Å². The van der Waals surface area contributed by atoms with Gasteiger partial charge in [0.05, 0.1) is 0 Å². The van der Waals surface area contributed by atoms with Gasteiger partial charge in [-0.2, -0.15) is 23.5 Å². The van der Waals surface area contributed by atoms with Crippen LogP contribution in [0, 0.1) is 0 Å². The Morgan fingerprint density at radius 2 is 1.89 bits per heavy atom. The topological polar surface area (TPSA) is 12.5 Å². The van der Waals surface area contributed by atoms with E-state index >= 15 is 0 Å². The molecule has 2 heterocycles. The molecule has 0 aliphatic carbocycles. The van der Waals surface area contributed by atoms with Gasteiger partial charge in [0.1, 0.15) is 11.9 Å². The zero-order valence-electron chi connectivity index (χ0n) is 10.8. The van der Waals surface area contributed by atoms with E-state index in [4.69, 9.17) is 16.3 Å². The molecule has 0 amide bonds. The van der Waals surface area contributed by atoms with Crippen LogP contribution in [0.2, 0.25) is 5.02 Å². The average Bonchev–Trinajstić information content (AvgIpc) is 2.62. The number of rotatable bonds is 3. The predicted octanol–water partition coefficient (Wildman–Crippen LogP) is 3.25. The van der Waals surface area contributed by atoms with Gasteiger partial charge in [-0.15, -0.1) is 0 Å². The molecule has 2 fully saturated rings. The minimum atomic E-state index is 0.330. The van der Waals surface area contributed by atoms with Crippen LogP contribution in [-0.4, -0.2) is 53.1 Å². The van der Waals surface area contributed by atoms with Crippen LogP contribution >= 0.6 is 35.1 Å². The molecular formula is C14H18ClNOS2. The molecule has 2 saturated heterocycles. The summed E-state index contributed by atoms with van der Waals surface area (Å²) < 4.78 is 5.94. The minimum absolute atomic E-state index is 0.330. The Balaban J connectivity index is 1.47. The number of thioether (sulfide) groups is 2. The number of ether oxygens (including phenoxy) is 1. The van der Waals surface area contributed by atoms with Gasteiger partial charge in [0.15, 0.2) is 0 Å². The summed E-state index contributed by atoms with van der Waals surface area (Å²) in [5.74, 6) is 6.05. The highest BCUT2D eigenvalue weighted by atomic mass is 35.5. The van der Waals surface area contributed by atoms with Gasteiger partial charge in [-0.1, -0.05) is 17.7 Å². The zero-order valence-corrected chi connectivity index (χ0v) is 13.1. The van der Waals surface area contributed by atoms with E-state index < -0.39 is 0 Å². The fourth-order valence-corrected chi connectivity index (χ4v) is 5.20. The third-order valence-corrected chi connectivity index (χ3v) is 6.20. The van der Waals surface area contributed by atoms with E-state index in [2.05, 4.69) is 28.4 Å². The summed E-state index contributed by atoms with van der Waals surface area (Å²) in [7, 11) is 0. The van der Waals surface area contributed by atoms with Crippen molar-refractivity contribution in [2.24, 2.45) is 0 Å². The smallest absolute Gasteiger partial charge is 0.124 e. The summed E-state index contributed by atoms with van der Waals surface area (Å²) in [6.45, 7) is 2.11. The number of likely N-dealkylation sites (tertiary alicyclic amines) is 1. The molecule has 1 aromatic rings. The molecule has 19 heavy (non-hydrogen) atoms. The van der Waals surface area contributed by atoms with E-state index in [0.29, 0.717) is 6.10 Å². The first-order valence-electron chi connectivity index (χ1n) is 6.63. The largest absolute Gasteiger partial charge is 0.488 e. The first-order chi connectivity index (χ1) is 9.31. The molecule has 2 nitrogen and oxygen atoms in total. The lowest BCUT2D eigenvalue weighted by Crippen LogP contribution is -2.59. The second-order valence-corrected chi connectivity index (χ2v) is 7.69. The lowest BCUT2D eigenvalue weighted by molar-refractivity contribution is 0.00255. The summed E-state index contributed by atoms with van der Waals surface area (Å²) in [5, 5.41) is 0.741. The Kier molecular flexibility index (Phi) is 4.85. The molecule has 0 N–H and O–H groups in total. The van der Waals surface area contributed by atoms with E-state index in [9.17, 15) is 0 Å². The molecule has 0 unspecified atom stereocenters. The zero-order chi connectivity index (χ0) is 13.1. The van der Waals surface area contributed by atoms with E-state index in [-0.39, 0.29) is 0 Å². The van der Waals surface area contributed by atoms with Gasteiger partial charge in [0.25, 0.3) is 0 Å². The van der Waals surface area contributed by atoms with Gasteiger partial charge in [-0.05, 0) is 18.2 Å². The van der Waals surface area contributed by atoms with E-state index in [0.717, 1.165) is 29.9 Å². The molecule has 2 aliphatic heterocycles. The fraction of sp³-hybridized carbons (Fsp3) is 0.571. The highest BCUT2D eigenvalue weighted by Crippen LogP contribution is 2.26. The molecule has 0 atom stereocenters. The molecule has 0 radical (unpaired) electrons. The first-order valence-corrected chi connectivity index (χ1v) is 9.32. The number of benzene rings is 1. The Morgan fingerprint density at radius 1 is 1.16 bits per heavy atom. The predicted molar refractivity (Wildman–Crippen MR) is 85.9 cm³/mol. The van der Waals surface area contributed by atoms with Crippen LogP contribution in [0.25, 0.3) is 0 Å². The Labute approximate surface area is 128 Å². The second-order valence-electron chi connectivity index (χ2n) is 4.95. The quantitative estimate of drug-likeness (QED) is 0.848. The van der Waals surface area contributed by atoms with Crippen LogP contribution in [-0.2, 0) is 0 Å². The maximum Gasteiger partial charge on any atom is 0.124 e. The van der Waals surface area contributed by atoms with E-state index in [1.165, 1.54) is 23.0 Å². The van der Waals surface area contributed by atoms with Gasteiger partial charge in [0, 0.05) is 47.2 Å². The van der Waals surface area contributed by atoms with Gasteiger partial charge in [0.2, 0.25) is 0 Å². The summed E-state index contributed by atoms with van der Waals surface area (Å²) in [4.78, 5) is 2.56. The van der Waals surface area contributed by atoms with Crippen molar-refractivity contribution in [3.8, 4) is 5.75 Å². The van der Waals surface area contributed by atoms with Crippen molar-refractivity contribution >= 4 is 35.1 Å². The Hall–Kier alpha value is -0.0300. The molecule has 2 aliphatic rings. The third-order valence-electron chi connectivity index (χ3n) is 3.48. The lowest BCUT2D eigenvalue weighted by atomic mass is 10.1. The van der Waals surface area contributed by atoms with E-state index in [1.54, 1.807) is 0 Å². The SMILES string of the molecule is Clc1cccc(OC2CN(C3CSCCSC3)C2)c1. The normalized spacial score (nSPS) is 22.8. The fourth-order valence-electron chi connectivity index (χ4n) is 2.39.